The highest BCUT2D eigenvalue weighted by molar-refractivity contribution is 5.55. The summed E-state index contributed by atoms with van der Waals surface area (Å²) in [6, 6.07) is 0. The molecule has 0 amide bonds. The van der Waals surface area contributed by atoms with E-state index in [4.69, 9.17) is 28.4 Å². The molecule has 30 heavy (non-hydrogen) atoms. The van der Waals surface area contributed by atoms with E-state index in [2.05, 4.69) is 6.92 Å². The summed E-state index contributed by atoms with van der Waals surface area (Å²) in [4.78, 5) is 0. The Bertz CT molecular complexity index is 832. The molecule has 3 unspecified atom stereocenters. The zero-order valence-corrected chi connectivity index (χ0v) is 18.6. The summed E-state index contributed by atoms with van der Waals surface area (Å²) in [5, 5.41) is 11.3. The minimum Gasteiger partial charge on any atom is -0.498 e. The first-order chi connectivity index (χ1) is 14.4. The summed E-state index contributed by atoms with van der Waals surface area (Å²) in [5.74, 6) is 3.01. The molecule has 0 spiro atoms. The first kappa shape index (κ1) is 21.3. The van der Waals surface area contributed by atoms with Crippen LogP contribution in [0.4, 0.5) is 0 Å². The molecule has 166 valence electrons. The molecule has 7 nitrogen and oxygen atoms in total. The fourth-order valence-electron chi connectivity index (χ4n) is 5.21. The average molecular weight is 421 g/mol. The summed E-state index contributed by atoms with van der Waals surface area (Å²) < 4.78 is 34.8. The van der Waals surface area contributed by atoms with Crippen molar-refractivity contribution in [1.29, 1.82) is 0 Å². The minimum atomic E-state index is -0.880. The Kier molecular flexibility index (Phi) is 5.64. The van der Waals surface area contributed by atoms with Gasteiger partial charge in [-0.25, -0.2) is 0 Å². The van der Waals surface area contributed by atoms with E-state index in [-0.39, 0.29) is 18.6 Å². The average Bonchev–Trinajstić information content (AvgIpc) is 3.19. The van der Waals surface area contributed by atoms with E-state index in [0.717, 1.165) is 28.9 Å². The molecule has 1 N–H and O–H groups in total. The maximum Gasteiger partial charge on any atom is 0.231 e. The van der Waals surface area contributed by atoms with E-state index in [1.54, 1.807) is 28.4 Å². The van der Waals surface area contributed by atoms with E-state index in [1.165, 1.54) is 0 Å². The van der Waals surface area contributed by atoms with Gasteiger partial charge in [-0.05, 0) is 42.4 Å². The van der Waals surface area contributed by atoms with Crippen LogP contribution in [0.3, 0.4) is 0 Å². The smallest absolute Gasteiger partial charge is 0.231 e. The van der Waals surface area contributed by atoms with Crippen molar-refractivity contribution in [1.82, 2.24) is 0 Å². The van der Waals surface area contributed by atoms with E-state index in [9.17, 15) is 5.11 Å². The van der Waals surface area contributed by atoms with Gasteiger partial charge in [-0.3, -0.25) is 0 Å². The fraction of sp³-hybridized carbons (Fsp3) is 0.652. The Hall–Kier alpha value is -1.96. The van der Waals surface area contributed by atoms with Crippen LogP contribution >= 0.6 is 0 Å². The van der Waals surface area contributed by atoms with Gasteiger partial charge < -0.3 is 33.5 Å². The van der Waals surface area contributed by atoms with Crippen molar-refractivity contribution in [3.05, 3.63) is 45.8 Å². The van der Waals surface area contributed by atoms with Gasteiger partial charge in [0.15, 0.2) is 5.76 Å². The van der Waals surface area contributed by atoms with E-state index < -0.39 is 17.8 Å². The summed E-state index contributed by atoms with van der Waals surface area (Å²) >= 11 is 0. The highest BCUT2D eigenvalue weighted by Crippen LogP contribution is 2.51. The third-order valence-electron chi connectivity index (χ3n) is 6.97. The Morgan fingerprint density at radius 1 is 1.03 bits per heavy atom. The van der Waals surface area contributed by atoms with Gasteiger partial charge in [0.1, 0.15) is 23.7 Å². The Labute approximate surface area is 177 Å². The topological polar surface area (TPSA) is 75.6 Å². The fourth-order valence-corrected chi connectivity index (χ4v) is 5.21. The standard InChI is InChI=1S/C23H32O7/c1-12-7-13-8-16-20(30-11-29-16)22(28-6)17(13)18-14(10-23(12,2)24)9-15(25-3)19(26-4)21(18)27-5/h9,12-13,19,21,24H,7-8,10-11H2,1-6H3/t12-,13?,19?,21?,23-/m0/s1. The maximum atomic E-state index is 11.3. The van der Waals surface area contributed by atoms with Gasteiger partial charge >= 0.3 is 0 Å². The van der Waals surface area contributed by atoms with Crippen molar-refractivity contribution < 1.29 is 33.5 Å². The first-order valence-electron chi connectivity index (χ1n) is 10.4. The highest BCUT2D eigenvalue weighted by Gasteiger charge is 2.47. The molecule has 7 heteroatoms. The lowest BCUT2D eigenvalue weighted by Gasteiger charge is -2.43. The largest absolute Gasteiger partial charge is 0.498 e. The number of ether oxygens (including phenoxy) is 6. The lowest BCUT2D eigenvalue weighted by Crippen LogP contribution is -2.43. The number of methoxy groups -OCH3 is 4. The molecular formula is C23H32O7. The van der Waals surface area contributed by atoms with Crippen LogP contribution in [0.2, 0.25) is 0 Å². The molecule has 1 aliphatic heterocycles. The number of aliphatic hydroxyl groups is 1. The molecular weight excluding hydrogens is 388 g/mol. The second kappa shape index (κ2) is 7.94. The third kappa shape index (κ3) is 3.24. The van der Waals surface area contributed by atoms with Gasteiger partial charge in [-0.1, -0.05) is 6.92 Å². The molecule has 5 atom stereocenters. The molecule has 0 saturated carbocycles. The molecule has 1 heterocycles. The van der Waals surface area contributed by atoms with Crippen molar-refractivity contribution in [2.45, 2.75) is 50.9 Å². The molecule has 0 radical (unpaired) electrons. The molecule has 0 aromatic carbocycles. The molecule has 0 aromatic heterocycles. The van der Waals surface area contributed by atoms with E-state index >= 15 is 0 Å². The Balaban J connectivity index is 2.00. The van der Waals surface area contributed by atoms with Crippen molar-refractivity contribution in [3.63, 3.8) is 0 Å². The van der Waals surface area contributed by atoms with Crippen LogP contribution in [0.25, 0.3) is 0 Å². The number of hydrogen-bond donors (Lipinski definition) is 1. The second-order valence-electron chi connectivity index (χ2n) is 8.68. The molecule has 4 aliphatic rings. The second-order valence-corrected chi connectivity index (χ2v) is 8.68. The van der Waals surface area contributed by atoms with Crippen molar-refractivity contribution in [2.24, 2.45) is 11.8 Å². The van der Waals surface area contributed by atoms with Crippen LogP contribution < -0.4 is 0 Å². The van der Waals surface area contributed by atoms with Crippen LogP contribution in [0.5, 0.6) is 0 Å². The van der Waals surface area contributed by atoms with Gasteiger partial charge in [0.05, 0.1) is 19.8 Å². The minimum absolute atomic E-state index is 0.0645. The Morgan fingerprint density at radius 3 is 2.40 bits per heavy atom. The lowest BCUT2D eigenvalue weighted by atomic mass is 9.67. The lowest BCUT2D eigenvalue weighted by molar-refractivity contribution is -0.0307. The summed E-state index contributed by atoms with van der Waals surface area (Å²) in [7, 11) is 6.60. The van der Waals surface area contributed by atoms with E-state index in [1.807, 2.05) is 13.0 Å². The highest BCUT2D eigenvalue weighted by atomic mass is 16.7. The number of fused-ring (bicyclic) bond motifs is 2. The van der Waals surface area contributed by atoms with Crippen LogP contribution in [0, 0.1) is 11.8 Å². The van der Waals surface area contributed by atoms with Gasteiger partial charge in [0.25, 0.3) is 0 Å². The van der Waals surface area contributed by atoms with Gasteiger partial charge in [0.2, 0.25) is 12.6 Å². The van der Waals surface area contributed by atoms with Gasteiger partial charge in [-0.2, -0.15) is 0 Å². The first-order valence-corrected chi connectivity index (χ1v) is 10.4. The van der Waals surface area contributed by atoms with Crippen molar-refractivity contribution >= 4 is 0 Å². The van der Waals surface area contributed by atoms with E-state index in [0.29, 0.717) is 30.1 Å². The number of rotatable bonds is 4. The van der Waals surface area contributed by atoms with Gasteiger partial charge in [-0.15, -0.1) is 0 Å². The quantitative estimate of drug-likeness (QED) is 0.749. The SMILES string of the molecule is COC1=CC2=C(C3=C(OC)C4=C(CC3C[C@H](C)[C@@](C)(O)C2)OCO4)C(OC)C1OC. The summed E-state index contributed by atoms with van der Waals surface area (Å²) in [5.41, 5.74) is 2.14. The third-order valence-corrected chi connectivity index (χ3v) is 6.97. The Morgan fingerprint density at radius 2 is 1.77 bits per heavy atom. The van der Waals surface area contributed by atoms with Crippen molar-refractivity contribution in [2.75, 3.05) is 35.2 Å². The summed E-state index contributed by atoms with van der Waals surface area (Å²) in [6.07, 6.45) is 3.15. The molecule has 0 fully saturated rings. The zero-order valence-electron chi connectivity index (χ0n) is 18.6. The number of allylic oxidation sites excluding steroid dienone is 2. The molecule has 3 aliphatic carbocycles. The monoisotopic (exact) mass is 420 g/mol. The van der Waals surface area contributed by atoms with Crippen LogP contribution in [0.15, 0.2) is 45.8 Å². The molecule has 0 bridgehead atoms. The molecule has 4 rings (SSSR count). The normalized spacial score (nSPS) is 36.0. The maximum absolute atomic E-state index is 11.3. The zero-order chi connectivity index (χ0) is 21.6. The van der Waals surface area contributed by atoms with Crippen LogP contribution in [-0.2, 0) is 28.4 Å². The summed E-state index contributed by atoms with van der Waals surface area (Å²) in [6.45, 7) is 4.20. The predicted octanol–water partition coefficient (Wildman–Crippen LogP) is 3.17. The van der Waals surface area contributed by atoms with Gasteiger partial charge in [0, 0.05) is 32.6 Å². The predicted molar refractivity (Wildman–Crippen MR) is 109 cm³/mol. The number of hydrogen-bond acceptors (Lipinski definition) is 7. The van der Waals surface area contributed by atoms with Crippen molar-refractivity contribution in [3.8, 4) is 0 Å². The molecule has 0 saturated heterocycles. The molecule has 0 aromatic rings. The van der Waals surface area contributed by atoms with Crippen LogP contribution in [0.1, 0.15) is 33.1 Å². The van der Waals surface area contributed by atoms with Crippen LogP contribution in [-0.4, -0.2) is 58.1 Å².